The van der Waals surface area contributed by atoms with Gasteiger partial charge in [0, 0.05) is 41.8 Å². The van der Waals surface area contributed by atoms with Crippen molar-refractivity contribution in [2.45, 2.75) is 39.0 Å². The number of hydrogen-bond donors (Lipinski definition) is 2. The van der Waals surface area contributed by atoms with Gasteiger partial charge in [-0.05, 0) is 98.7 Å². The standard InChI is InChI=1S/C31H30F3N5O2S/c1-18-14-23(11-12-25(18)36-27(40)17-41-4)39-29(28(37-30(39)42)26-10-5-6-13-35-26)24-15-19(2)38(20(24)3)22-9-7-8-21(16-22)31(32,33)34/h5-16,28-29H,17H2,1-4H3,(H,36,40)(H,37,42)/t28-,29+/m1/s1. The molecule has 11 heteroatoms. The number of aromatic nitrogens is 2. The van der Waals surface area contributed by atoms with Crippen LogP contribution in [0.4, 0.5) is 24.5 Å². The molecule has 2 N–H and O–H groups in total. The smallest absolute Gasteiger partial charge is 0.375 e. The number of benzene rings is 2. The van der Waals surface area contributed by atoms with Crippen molar-refractivity contribution in [3.63, 3.8) is 0 Å². The molecule has 1 amide bonds. The monoisotopic (exact) mass is 593 g/mol. The molecule has 2 aromatic heterocycles. The van der Waals surface area contributed by atoms with Crippen LogP contribution in [0.2, 0.25) is 0 Å². The fraction of sp³-hybridized carbons (Fsp3) is 0.258. The van der Waals surface area contributed by atoms with Gasteiger partial charge < -0.3 is 24.8 Å². The van der Waals surface area contributed by atoms with E-state index in [1.54, 1.807) is 12.3 Å². The lowest BCUT2D eigenvalue weighted by Crippen LogP contribution is -2.29. The van der Waals surface area contributed by atoms with E-state index in [2.05, 4.69) is 15.6 Å². The van der Waals surface area contributed by atoms with Crippen LogP contribution >= 0.6 is 12.2 Å². The average Bonchev–Trinajstić information content (AvgIpc) is 3.44. The Hall–Kier alpha value is -4.22. The van der Waals surface area contributed by atoms with E-state index in [0.29, 0.717) is 16.5 Å². The molecule has 2 atom stereocenters. The van der Waals surface area contributed by atoms with E-state index in [0.717, 1.165) is 46.0 Å². The third kappa shape index (κ3) is 5.62. The molecule has 4 aromatic rings. The molecule has 0 unspecified atom stereocenters. The van der Waals surface area contributed by atoms with Gasteiger partial charge in [0.15, 0.2) is 5.11 Å². The molecule has 42 heavy (non-hydrogen) atoms. The Balaban J connectivity index is 1.61. The molecule has 1 saturated heterocycles. The molecular formula is C31H30F3N5O2S. The van der Waals surface area contributed by atoms with Crippen LogP contribution in [0.5, 0.6) is 0 Å². The van der Waals surface area contributed by atoms with Crippen LogP contribution in [0, 0.1) is 20.8 Å². The van der Waals surface area contributed by atoms with Gasteiger partial charge in [0.05, 0.1) is 23.3 Å². The number of amides is 1. The third-order valence-electron chi connectivity index (χ3n) is 7.36. The van der Waals surface area contributed by atoms with E-state index >= 15 is 0 Å². The van der Waals surface area contributed by atoms with Crippen molar-refractivity contribution in [3.8, 4) is 5.69 Å². The molecule has 1 fully saturated rings. The number of carbonyl (C=O) groups is 1. The average molecular weight is 594 g/mol. The topological polar surface area (TPSA) is 71.4 Å². The van der Waals surface area contributed by atoms with E-state index in [1.165, 1.54) is 13.2 Å². The summed E-state index contributed by atoms with van der Waals surface area (Å²) in [7, 11) is 1.46. The first-order valence-electron chi connectivity index (χ1n) is 13.3. The van der Waals surface area contributed by atoms with E-state index < -0.39 is 11.7 Å². The fourth-order valence-electron chi connectivity index (χ4n) is 5.51. The summed E-state index contributed by atoms with van der Waals surface area (Å²) in [5.74, 6) is -0.262. The number of ether oxygens (including phenoxy) is 1. The third-order valence-corrected chi connectivity index (χ3v) is 7.67. The van der Waals surface area contributed by atoms with Crippen LogP contribution in [0.25, 0.3) is 5.69 Å². The van der Waals surface area contributed by atoms with Crippen molar-refractivity contribution < 1.29 is 22.7 Å². The van der Waals surface area contributed by atoms with Crippen LogP contribution in [0.15, 0.2) is 72.9 Å². The van der Waals surface area contributed by atoms with Gasteiger partial charge in [-0.3, -0.25) is 9.78 Å². The zero-order chi connectivity index (χ0) is 30.2. The van der Waals surface area contributed by atoms with Gasteiger partial charge in [0.1, 0.15) is 6.61 Å². The zero-order valence-electron chi connectivity index (χ0n) is 23.5. The van der Waals surface area contributed by atoms with Gasteiger partial charge >= 0.3 is 6.18 Å². The highest BCUT2D eigenvalue weighted by Crippen LogP contribution is 2.44. The largest absolute Gasteiger partial charge is 0.416 e. The molecule has 0 bridgehead atoms. The quantitative estimate of drug-likeness (QED) is 0.236. The van der Waals surface area contributed by atoms with E-state index in [4.69, 9.17) is 17.0 Å². The maximum absolute atomic E-state index is 13.6. The zero-order valence-corrected chi connectivity index (χ0v) is 24.3. The number of carbonyl (C=O) groups excluding carboxylic acids is 1. The minimum atomic E-state index is -4.46. The highest BCUT2D eigenvalue weighted by atomic mass is 32.1. The number of anilines is 2. The second-order valence-electron chi connectivity index (χ2n) is 10.2. The van der Waals surface area contributed by atoms with Crippen LogP contribution in [-0.2, 0) is 15.7 Å². The number of nitrogens with one attached hydrogen (secondary N) is 2. The number of thiocarbonyl (C=S) groups is 1. The summed E-state index contributed by atoms with van der Waals surface area (Å²) in [4.78, 5) is 18.7. The predicted molar refractivity (Wildman–Crippen MR) is 160 cm³/mol. The Morgan fingerprint density at radius 1 is 1.05 bits per heavy atom. The number of halogens is 3. The fourth-order valence-corrected chi connectivity index (χ4v) is 5.86. The molecule has 0 spiro atoms. The highest BCUT2D eigenvalue weighted by molar-refractivity contribution is 7.80. The van der Waals surface area contributed by atoms with E-state index in [1.807, 2.05) is 72.7 Å². The van der Waals surface area contributed by atoms with Gasteiger partial charge in [0.2, 0.25) is 5.91 Å². The Morgan fingerprint density at radius 2 is 1.83 bits per heavy atom. The number of aryl methyl sites for hydroxylation is 2. The summed E-state index contributed by atoms with van der Waals surface area (Å²) < 4.78 is 47.4. The molecule has 0 radical (unpaired) electrons. The van der Waals surface area contributed by atoms with Crippen molar-refractivity contribution in [2.75, 3.05) is 23.9 Å². The predicted octanol–water partition coefficient (Wildman–Crippen LogP) is 6.58. The Labute approximate surface area is 247 Å². The van der Waals surface area contributed by atoms with Gasteiger partial charge in [0.25, 0.3) is 0 Å². The summed E-state index contributed by atoms with van der Waals surface area (Å²) in [5.41, 5.74) is 5.22. The summed E-state index contributed by atoms with van der Waals surface area (Å²) in [6.07, 6.45) is -2.74. The Morgan fingerprint density at radius 3 is 2.50 bits per heavy atom. The maximum atomic E-state index is 13.6. The lowest BCUT2D eigenvalue weighted by molar-refractivity contribution is -0.137. The first-order valence-corrected chi connectivity index (χ1v) is 13.7. The first kappa shape index (κ1) is 29.3. The van der Waals surface area contributed by atoms with Gasteiger partial charge in [-0.25, -0.2) is 0 Å². The number of pyridine rings is 1. The summed E-state index contributed by atoms with van der Waals surface area (Å²) >= 11 is 5.86. The normalized spacial score (nSPS) is 16.9. The molecule has 0 saturated carbocycles. The maximum Gasteiger partial charge on any atom is 0.416 e. The van der Waals surface area contributed by atoms with E-state index in [9.17, 15) is 18.0 Å². The second kappa shape index (κ2) is 11.6. The summed E-state index contributed by atoms with van der Waals surface area (Å²) in [5, 5.41) is 6.75. The SMILES string of the molecule is COCC(=O)Nc1ccc(N2C(=S)N[C@H](c3ccccn3)[C@@H]2c2cc(C)n(-c3cccc(C(F)(F)F)c3)c2C)cc1C. The van der Waals surface area contributed by atoms with Crippen molar-refractivity contribution in [1.82, 2.24) is 14.9 Å². The minimum absolute atomic E-state index is 0.0589. The summed E-state index contributed by atoms with van der Waals surface area (Å²) in [6.45, 7) is 5.61. The van der Waals surface area contributed by atoms with Crippen molar-refractivity contribution >= 4 is 34.6 Å². The highest BCUT2D eigenvalue weighted by Gasteiger charge is 2.42. The van der Waals surface area contributed by atoms with Crippen molar-refractivity contribution in [2.24, 2.45) is 0 Å². The van der Waals surface area contributed by atoms with Gasteiger partial charge in [-0.15, -0.1) is 0 Å². The molecule has 0 aliphatic carbocycles. The molecule has 1 aliphatic rings. The molecule has 7 nitrogen and oxygen atoms in total. The molecular weight excluding hydrogens is 563 g/mol. The van der Waals surface area contributed by atoms with Crippen LogP contribution in [0.3, 0.4) is 0 Å². The number of nitrogens with zero attached hydrogens (tertiary/aromatic N) is 3. The van der Waals surface area contributed by atoms with Gasteiger partial charge in [-0.1, -0.05) is 12.1 Å². The van der Waals surface area contributed by atoms with E-state index in [-0.39, 0.29) is 24.6 Å². The second-order valence-corrected chi connectivity index (χ2v) is 10.6. The first-order chi connectivity index (χ1) is 20.0. The molecule has 3 heterocycles. The summed E-state index contributed by atoms with van der Waals surface area (Å²) in [6, 6.07) is 17.9. The molecule has 5 rings (SSSR count). The van der Waals surface area contributed by atoms with Crippen LogP contribution < -0.4 is 15.5 Å². The minimum Gasteiger partial charge on any atom is -0.375 e. The lowest BCUT2D eigenvalue weighted by atomic mass is 9.96. The number of methoxy groups -OCH3 is 1. The number of alkyl halides is 3. The van der Waals surface area contributed by atoms with Gasteiger partial charge in [-0.2, -0.15) is 13.2 Å². The number of rotatable bonds is 7. The number of hydrogen-bond acceptors (Lipinski definition) is 4. The van der Waals surface area contributed by atoms with Crippen molar-refractivity contribution in [3.05, 3.63) is 107 Å². The van der Waals surface area contributed by atoms with Crippen LogP contribution in [-0.4, -0.2) is 34.3 Å². The molecule has 2 aromatic carbocycles. The molecule has 218 valence electrons. The Bertz CT molecular complexity index is 1640. The molecule has 1 aliphatic heterocycles. The van der Waals surface area contributed by atoms with Crippen LogP contribution in [0.1, 0.15) is 45.9 Å². The lowest BCUT2D eigenvalue weighted by Gasteiger charge is -2.29. The van der Waals surface area contributed by atoms with Crippen molar-refractivity contribution in [1.29, 1.82) is 0 Å². The Kier molecular flexibility index (Phi) is 8.07.